The zero-order valence-electron chi connectivity index (χ0n) is 9.47. The summed E-state index contributed by atoms with van der Waals surface area (Å²) in [5.41, 5.74) is -0.295. The first-order valence-electron chi connectivity index (χ1n) is 5.31. The number of carbonyl (C=O) groups excluding carboxylic acids is 1. The highest BCUT2D eigenvalue weighted by atomic mass is 32.1. The van der Waals surface area contributed by atoms with Crippen LogP contribution in [0.5, 0.6) is 0 Å². The second-order valence-corrected chi connectivity index (χ2v) is 4.77. The van der Waals surface area contributed by atoms with Gasteiger partial charge in [-0.25, -0.2) is 13.2 Å². The molecule has 1 aromatic heterocycles. The monoisotopic (exact) mass is 270 g/mol. The highest BCUT2D eigenvalue weighted by molar-refractivity contribution is 7.17. The summed E-state index contributed by atoms with van der Waals surface area (Å²) in [7, 11) is 0. The molecule has 0 atom stereocenters. The van der Waals surface area contributed by atoms with E-state index in [0.29, 0.717) is 23.4 Å². The maximum absolute atomic E-state index is 13.5. The Kier molecular flexibility index (Phi) is 3.52. The Morgan fingerprint density at radius 1 is 1.17 bits per heavy atom. The van der Waals surface area contributed by atoms with Crippen molar-refractivity contribution in [1.29, 1.82) is 0 Å². The number of halogens is 3. The van der Waals surface area contributed by atoms with Gasteiger partial charge in [0.1, 0.15) is 17.5 Å². The predicted octanol–water partition coefficient (Wildman–Crippen LogP) is 4.43. The number of benzene rings is 1. The van der Waals surface area contributed by atoms with Crippen LogP contribution in [0.3, 0.4) is 0 Å². The lowest BCUT2D eigenvalue weighted by Gasteiger charge is -2.02. The van der Waals surface area contributed by atoms with Crippen molar-refractivity contribution in [3.63, 3.8) is 0 Å². The van der Waals surface area contributed by atoms with E-state index in [1.165, 1.54) is 12.1 Å². The topological polar surface area (TPSA) is 17.1 Å². The molecule has 94 valence electrons. The first kappa shape index (κ1) is 12.8. The molecule has 0 saturated heterocycles. The van der Waals surface area contributed by atoms with E-state index in [1.54, 1.807) is 6.92 Å². The molecule has 0 N–H and O–H groups in total. The van der Waals surface area contributed by atoms with Crippen molar-refractivity contribution in [2.24, 2.45) is 0 Å². The predicted molar refractivity (Wildman–Crippen MR) is 64.3 cm³/mol. The van der Waals surface area contributed by atoms with Crippen LogP contribution in [-0.4, -0.2) is 5.78 Å². The Hall–Kier alpha value is -1.62. The summed E-state index contributed by atoms with van der Waals surface area (Å²) in [6.07, 6.45) is 0.328. The van der Waals surface area contributed by atoms with Crippen LogP contribution in [0.2, 0.25) is 0 Å². The van der Waals surface area contributed by atoms with Crippen molar-refractivity contribution in [3.8, 4) is 10.4 Å². The first-order valence-corrected chi connectivity index (χ1v) is 6.12. The Labute approximate surface area is 106 Å². The van der Waals surface area contributed by atoms with E-state index in [0.717, 1.165) is 11.3 Å². The lowest BCUT2D eigenvalue weighted by Crippen LogP contribution is -1.91. The van der Waals surface area contributed by atoms with Crippen LogP contribution >= 0.6 is 11.3 Å². The molecule has 0 aliphatic rings. The van der Waals surface area contributed by atoms with Gasteiger partial charge in [0.15, 0.2) is 5.78 Å². The molecule has 0 fully saturated rings. The van der Waals surface area contributed by atoms with Gasteiger partial charge in [0.05, 0.1) is 10.4 Å². The normalized spacial score (nSPS) is 10.7. The number of hydrogen-bond acceptors (Lipinski definition) is 2. The van der Waals surface area contributed by atoms with E-state index in [-0.39, 0.29) is 16.2 Å². The van der Waals surface area contributed by atoms with Crippen LogP contribution in [-0.2, 0) is 0 Å². The van der Waals surface area contributed by atoms with Gasteiger partial charge in [-0.3, -0.25) is 4.79 Å². The molecule has 0 aliphatic heterocycles. The average Bonchev–Trinajstić information content (AvgIpc) is 2.76. The Morgan fingerprint density at radius 3 is 2.33 bits per heavy atom. The number of hydrogen-bond donors (Lipinski definition) is 0. The molecule has 1 aromatic carbocycles. The maximum Gasteiger partial charge on any atom is 0.172 e. The van der Waals surface area contributed by atoms with E-state index in [4.69, 9.17) is 0 Å². The summed E-state index contributed by atoms with van der Waals surface area (Å²) < 4.78 is 39.8. The van der Waals surface area contributed by atoms with Crippen LogP contribution in [0.1, 0.15) is 23.0 Å². The van der Waals surface area contributed by atoms with Gasteiger partial charge < -0.3 is 0 Å². The van der Waals surface area contributed by atoms with Crippen molar-refractivity contribution in [1.82, 2.24) is 0 Å². The molecule has 1 nitrogen and oxygen atoms in total. The molecule has 2 aromatic rings. The van der Waals surface area contributed by atoms with Gasteiger partial charge in [-0.05, 0) is 12.1 Å². The molecule has 0 spiro atoms. The van der Waals surface area contributed by atoms with E-state index >= 15 is 0 Å². The van der Waals surface area contributed by atoms with Crippen molar-refractivity contribution >= 4 is 17.1 Å². The third kappa shape index (κ3) is 2.31. The quantitative estimate of drug-likeness (QED) is 0.754. The second-order valence-electron chi connectivity index (χ2n) is 3.69. The van der Waals surface area contributed by atoms with Gasteiger partial charge in [0.2, 0.25) is 0 Å². The lowest BCUT2D eigenvalue weighted by molar-refractivity contribution is 0.0992. The summed E-state index contributed by atoms with van der Waals surface area (Å²) in [5.74, 6) is -2.99. The lowest BCUT2D eigenvalue weighted by atomic mass is 10.1. The Bertz CT molecular complexity index is 581. The molecule has 0 bridgehead atoms. The zero-order valence-corrected chi connectivity index (χ0v) is 10.3. The number of thiophene rings is 1. The summed E-state index contributed by atoms with van der Waals surface area (Å²) >= 11 is 1.00. The molecule has 0 unspecified atom stereocenters. The van der Waals surface area contributed by atoms with Crippen LogP contribution in [0.25, 0.3) is 10.4 Å². The second kappa shape index (κ2) is 4.94. The minimum absolute atomic E-state index is 0.0887. The number of ketones is 1. The van der Waals surface area contributed by atoms with Gasteiger partial charge in [-0.2, -0.15) is 0 Å². The number of rotatable bonds is 3. The molecule has 2 rings (SSSR count). The molecule has 0 aliphatic carbocycles. The van der Waals surface area contributed by atoms with Gasteiger partial charge >= 0.3 is 0 Å². The van der Waals surface area contributed by atoms with Crippen LogP contribution in [0, 0.1) is 17.5 Å². The van der Waals surface area contributed by atoms with Crippen molar-refractivity contribution in [3.05, 3.63) is 46.6 Å². The fourth-order valence-corrected chi connectivity index (χ4v) is 2.64. The van der Waals surface area contributed by atoms with Crippen LogP contribution in [0.15, 0.2) is 24.3 Å². The smallest absolute Gasteiger partial charge is 0.172 e. The molecule has 1 heterocycles. The summed E-state index contributed by atoms with van der Waals surface area (Å²) in [6.45, 7) is 1.71. The van der Waals surface area contributed by atoms with E-state index in [2.05, 4.69) is 0 Å². The van der Waals surface area contributed by atoms with Crippen LogP contribution < -0.4 is 0 Å². The maximum atomic E-state index is 13.5. The Morgan fingerprint density at radius 2 is 1.78 bits per heavy atom. The third-order valence-electron chi connectivity index (χ3n) is 2.46. The highest BCUT2D eigenvalue weighted by Gasteiger charge is 2.16. The molecule has 0 saturated carbocycles. The zero-order chi connectivity index (χ0) is 13.3. The Balaban J connectivity index is 2.49. The SMILES string of the molecule is CCC(=O)c1ccc(-c2c(F)cc(F)cc2F)s1. The minimum atomic E-state index is -0.968. The molecule has 0 radical (unpaired) electrons. The largest absolute Gasteiger partial charge is 0.293 e. The van der Waals surface area contributed by atoms with E-state index in [1.807, 2.05) is 0 Å². The van der Waals surface area contributed by atoms with E-state index < -0.39 is 17.5 Å². The number of carbonyl (C=O) groups is 1. The minimum Gasteiger partial charge on any atom is -0.293 e. The third-order valence-corrected chi connectivity index (χ3v) is 3.60. The van der Waals surface area contributed by atoms with Gasteiger partial charge in [-0.15, -0.1) is 11.3 Å². The first-order chi connectivity index (χ1) is 8.52. The standard InChI is InChI=1S/C13H9F3OS/c1-2-10(17)11-3-4-12(18-11)13-8(15)5-7(14)6-9(13)16/h3-6H,2H2,1H3. The van der Waals surface area contributed by atoms with Crippen molar-refractivity contribution in [2.45, 2.75) is 13.3 Å². The summed E-state index contributed by atoms with van der Waals surface area (Å²) in [6, 6.07) is 4.24. The average molecular weight is 270 g/mol. The fraction of sp³-hybridized carbons (Fsp3) is 0.154. The van der Waals surface area contributed by atoms with E-state index in [9.17, 15) is 18.0 Å². The molecule has 0 amide bonds. The molecular formula is C13H9F3OS. The van der Waals surface area contributed by atoms with Crippen molar-refractivity contribution < 1.29 is 18.0 Å². The summed E-state index contributed by atoms with van der Waals surface area (Å²) in [4.78, 5) is 12.2. The number of Topliss-reactive ketones (excluding diaryl/α,β-unsaturated/α-hetero) is 1. The van der Waals surface area contributed by atoms with Gasteiger partial charge in [0.25, 0.3) is 0 Å². The van der Waals surface area contributed by atoms with Gasteiger partial charge in [-0.1, -0.05) is 6.92 Å². The molecular weight excluding hydrogens is 261 g/mol. The van der Waals surface area contributed by atoms with Crippen molar-refractivity contribution in [2.75, 3.05) is 0 Å². The van der Waals surface area contributed by atoms with Gasteiger partial charge in [0, 0.05) is 23.4 Å². The molecule has 5 heteroatoms. The van der Waals surface area contributed by atoms with Crippen LogP contribution in [0.4, 0.5) is 13.2 Å². The molecule has 18 heavy (non-hydrogen) atoms. The fourth-order valence-electron chi connectivity index (χ4n) is 1.57. The summed E-state index contributed by atoms with van der Waals surface area (Å²) in [5, 5.41) is 0. The highest BCUT2D eigenvalue weighted by Crippen LogP contribution is 2.33.